The maximum atomic E-state index is 8.62. The summed E-state index contributed by atoms with van der Waals surface area (Å²) in [4.78, 5) is 4.18. The second-order valence-electron chi connectivity index (χ2n) is 3.56. The van der Waals surface area contributed by atoms with E-state index in [0.717, 1.165) is 21.6 Å². The Morgan fingerprint density at radius 3 is 3.00 bits per heavy atom. The molecule has 5 heteroatoms. The van der Waals surface area contributed by atoms with Crippen LogP contribution >= 0.6 is 15.9 Å². The summed E-state index contributed by atoms with van der Waals surface area (Å²) in [5.41, 5.74) is 1.98. The largest absolute Gasteiger partial charge is 0.449 e. The normalized spacial score (nSPS) is 9.94. The van der Waals surface area contributed by atoms with Crippen molar-refractivity contribution in [2.75, 3.05) is 5.32 Å². The van der Waals surface area contributed by atoms with Crippen LogP contribution in [0, 0.1) is 18.3 Å². The summed E-state index contributed by atoms with van der Waals surface area (Å²) in [5, 5.41) is 11.8. The number of pyridine rings is 1. The quantitative estimate of drug-likeness (QED) is 0.882. The molecule has 0 bridgehead atoms. The first-order chi connectivity index (χ1) is 8.19. The van der Waals surface area contributed by atoms with E-state index in [-0.39, 0.29) is 0 Å². The summed E-state index contributed by atoms with van der Waals surface area (Å²) >= 11 is 3.34. The van der Waals surface area contributed by atoms with Crippen molar-refractivity contribution in [3.05, 3.63) is 46.1 Å². The fourth-order valence-corrected chi connectivity index (χ4v) is 1.59. The minimum absolute atomic E-state index is 0.326. The number of hydrogen-bond donors (Lipinski definition) is 1. The predicted molar refractivity (Wildman–Crippen MR) is 67.4 cm³/mol. The molecule has 2 aromatic heterocycles. The fourth-order valence-electron chi connectivity index (χ4n) is 1.38. The third-order valence-corrected chi connectivity index (χ3v) is 3.08. The molecule has 17 heavy (non-hydrogen) atoms. The fraction of sp³-hybridized carbons (Fsp3) is 0.167. The lowest BCUT2D eigenvalue weighted by molar-refractivity contribution is 0.506. The third-order valence-electron chi connectivity index (χ3n) is 2.25. The molecule has 2 rings (SSSR count). The van der Waals surface area contributed by atoms with Crippen LogP contribution in [0.3, 0.4) is 0 Å². The highest BCUT2D eigenvalue weighted by molar-refractivity contribution is 9.10. The van der Waals surface area contributed by atoms with Crippen LogP contribution in [0.1, 0.15) is 17.1 Å². The summed E-state index contributed by atoms with van der Waals surface area (Å²) < 4.78 is 6.10. The van der Waals surface area contributed by atoms with E-state index in [2.05, 4.69) is 26.2 Å². The van der Waals surface area contributed by atoms with Crippen molar-refractivity contribution in [2.24, 2.45) is 0 Å². The molecule has 0 aliphatic rings. The number of anilines is 1. The van der Waals surface area contributed by atoms with E-state index < -0.39 is 0 Å². The number of aryl methyl sites for hydroxylation is 1. The average molecular weight is 292 g/mol. The molecular formula is C12H10BrN3O. The molecule has 86 valence electrons. The van der Waals surface area contributed by atoms with Gasteiger partial charge in [0.15, 0.2) is 0 Å². The number of rotatable bonds is 3. The van der Waals surface area contributed by atoms with Crippen molar-refractivity contribution >= 4 is 21.6 Å². The van der Waals surface area contributed by atoms with Crippen LogP contribution in [0.5, 0.6) is 0 Å². The molecule has 0 spiro atoms. The highest BCUT2D eigenvalue weighted by Crippen LogP contribution is 2.17. The topological polar surface area (TPSA) is 61.9 Å². The number of aromatic nitrogens is 1. The van der Waals surface area contributed by atoms with Crippen molar-refractivity contribution in [3.63, 3.8) is 0 Å². The maximum absolute atomic E-state index is 8.62. The first-order valence-corrected chi connectivity index (χ1v) is 5.83. The van der Waals surface area contributed by atoms with Gasteiger partial charge in [-0.15, -0.1) is 0 Å². The van der Waals surface area contributed by atoms with Gasteiger partial charge in [0, 0.05) is 0 Å². The molecule has 2 aromatic rings. The Hall–Kier alpha value is -1.80. The Bertz CT molecular complexity index is 571. The standard InChI is InChI=1S/C12H10BrN3O/c1-8-4-9(6-16-12(8)13)15-7-11-3-2-10(5-14)17-11/h2-4,6,15H,7H2,1H3. The zero-order chi connectivity index (χ0) is 12.3. The minimum Gasteiger partial charge on any atom is -0.449 e. The van der Waals surface area contributed by atoms with Crippen LogP contribution in [0.15, 0.2) is 33.4 Å². The second kappa shape index (κ2) is 5.02. The molecule has 0 saturated heterocycles. The van der Waals surface area contributed by atoms with Gasteiger partial charge < -0.3 is 9.73 Å². The minimum atomic E-state index is 0.326. The summed E-state index contributed by atoms with van der Waals surface area (Å²) in [6.07, 6.45) is 1.74. The monoisotopic (exact) mass is 291 g/mol. The molecule has 0 saturated carbocycles. The lowest BCUT2D eigenvalue weighted by Gasteiger charge is -2.05. The Balaban J connectivity index is 2.02. The Morgan fingerprint density at radius 1 is 1.53 bits per heavy atom. The molecule has 0 aromatic carbocycles. The van der Waals surface area contributed by atoms with Crippen LogP contribution in [0.25, 0.3) is 0 Å². The Morgan fingerprint density at radius 2 is 2.35 bits per heavy atom. The molecule has 0 fully saturated rings. The van der Waals surface area contributed by atoms with Gasteiger partial charge in [0.2, 0.25) is 5.76 Å². The smallest absolute Gasteiger partial charge is 0.203 e. The van der Waals surface area contributed by atoms with Gasteiger partial charge in [0.1, 0.15) is 16.4 Å². The van der Waals surface area contributed by atoms with E-state index in [1.54, 1.807) is 18.3 Å². The maximum Gasteiger partial charge on any atom is 0.203 e. The zero-order valence-corrected chi connectivity index (χ0v) is 10.8. The van der Waals surface area contributed by atoms with Crippen LogP contribution < -0.4 is 5.32 Å². The summed E-state index contributed by atoms with van der Waals surface area (Å²) in [6.45, 7) is 2.51. The number of furan rings is 1. The van der Waals surface area contributed by atoms with Gasteiger partial charge in [0.25, 0.3) is 0 Å². The number of nitrogens with zero attached hydrogens (tertiary/aromatic N) is 2. The van der Waals surface area contributed by atoms with Gasteiger partial charge in [-0.25, -0.2) is 4.98 Å². The summed E-state index contributed by atoms with van der Waals surface area (Å²) in [7, 11) is 0. The highest BCUT2D eigenvalue weighted by Gasteiger charge is 2.02. The van der Waals surface area contributed by atoms with Crippen molar-refractivity contribution in [3.8, 4) is 6.07 Å². The van der Waals surface area contributed by atoms with Crippen LogP contribution in [-0.4, -0.2) is 4.98 Å². The second-order valence-corrected chi connectivity index (χ2v) is 4.31. The van der Waals surface area contributed by atoms with Crippen LogP contribution in [0.2, 0.25) is 0 Å². The molecule has 2 heterocycles. The van der Waals surface area contributed by atoms with Crippen molar-refractivity contribution in [2.45, 2.75) is 13.5 Å². The first-order valence-electron chi connectivity index (χ1n) is 5.04. The summed E-state index contributed by atoms with van der Waals surface area (Å²) in [6, 6.07) is 7.38. The lowest BCUT2D eigenvalue weighted by Crippen LogP contribution is -1.99. The third kappa shape index (κ3) is 2.86. The molecule has 4 nitrogen and oxygen atoms in total. The highest BCUT2D eigenvalue weighted by atomic mass is 79.9. The van der Waals surface area contributed by atoms with E-state index in [9.17, 15) is 0 Å². The predicted octanol–water partition coefficient (Wildman–Crippen LogP) is 3.23. The number of nitrogens with one attached hydrogen (secondary N) is 1. The van der Waals surface area contributed by atoms with Gasteiger partial charge in [-0.3, -0.25) is 0 Å². The molecule has 0 atom stereocenters. The molecule has 0 radical (unpaired) electrons. The van der Waals surface area contributed by atoms with Gasteiger partial charge in [-0.05, 0) is 46.6 Å². The van der Waals surface area contributed by atoms with E-state index in [1.807, 2.05) is 19.1 Å². The molecule has 0 aliphatic heterocycles. The molecule has 0 amide bonds. The number of hydrogen-bond acceptors (Lipinski definition) is 4. The van der Waals surface area contributed by atoms with Gasteiger partial charge in [-0.1, -0.05) is 0 Å². The molecule has 1 N–H and O–H groups in total. The first kappa shape index (κ1) is 11.7. The Labute approximate surface area is 107 Å². The number of halogens is 1. The van der Waals surface area contributed by atoms with Crippen LogP contribution in [0.4, 0.5) is 5.69 Å². The van der Waals surface area contributed by atoms with Gasteiger partial charge in [0.05, 0.1) is 18.4 Å². The van der Waals surface area contributed by atoms with E-state index in [1.165, 1.54) is 0 Å². The molecule has 0 unspecified atom stereocenters. The van der Waals surface area contributed by atoms with Gasteiger partial charge >= 0.3 is 0 Å². The summed E-state index contributed by atoms with van der Waals surface area (Å²) in [5.74, 6) is 1.05. The van der Waals surface area contributed by atoms with Crippen molar-refractivity contribution in [1.82, 2.24) is 4.98 Å². The van der Waals surface area contributed by atoms with Crippen molar-refractivity contribution in [1.29, 1.82) is 5.26 Å². The SMILES string of the molecule is Cc1cc(NCc2ccc(C#N)o2)cnc1Br. The molecular weight excluding hydrogens is 282 g/mol. The van der Waals surface area contributed by atoms with Crippen molar-refractivity contribution < 1.29 is 4.42 Å². The average Bonchev–Trinajstić information content (AvgIpc) is 2.79. The van der Waals surface area contributed by atoms with Crippen LogP contribution in [-0.2, 0) is 6.54 Å². The Kier molecular flexibility index (Phi) is 3.45. The lowest BCUT2D eigenvalue weighted by atomic mass is 10.3. The molecule has 0 aliphatic carbocycles. The van der Waals surface area contributed by atoms with E-state index >= 15 is 0 Å². The van der Waals surface area contributed by atoms with E-state index in [4.69, 9.17) is 9.68 Å². The van der Waals surface area contributed by atoms with Gasteiger partial charge in [-0.2, -0.15) is 5.26 Å². The zero-order valence-electron chi connectivity index (χ0n) is 9.20. The van der Waals surface area contributed by atoms with E-state index in [0.29, 0.717) is 12.3 Å². The number of nitriles is 1.